The van der Waals surface area contributed by atoms with Gasteiger partial charge in [-0.3, -0.25) is 0 Å². The summed E-state index contributed by atoms with van der Waals surface area (Å²) in [7, 11) is -3.79. The lowest BCUT2D eigenvalue weighted by Gasteiger charge is -2.31. The highest BCUT2D eigenvalue weighted by atomic mass is 32.2. The van der Waals surface area contributed by atoms with E-state index in [1.165, 1.54) is 16.4 Å². The van der Waals surface area contributed by atoms with E-state index in [-0.39, 0.29) is 17.4 Å². The molecule has 1 fully saturated rings. The van der Waals surface area contributed by atoms with E-state index in [0.29, 0.717) is 25.1 Å². The minimum atomic E-state index is -3.79. The lowest BCUT2D eigenvalue weighted by atomic mass is 9.97. The summed E-state index contributed by atoms with van der Waals surface area (Å²) in [5.74, 6) is -0.559. The fourth-order valence-corrected chi connectivity index (χ4v) is 4.31. The quantitative estimate of drug-likeness (QED) is 0.924. The van der Waals surface area contributed by atoms with E-state index in [0.717, 1.165) is 12.8 Å². The molecule has 1 unspecified atom stereocenters. The first-order chi connectivity index (χ1) is 9.45. The first-order valence-electron chi connectivity index (χ1n) is 6.82. The molecule has 6 heteroatoms. The number of benzene rings is 1. The molecular weight excluding hydrogens is 281 g/mol. The molecule has 1 aliphatic rings. The van der Waals surface area contributed by atoms with Crippen LogP contribution in [0.3, 0.4) is 0 Å². The van der Waals surface area contributed by atoms with E-state index < -0.39 is 15.8 Å². The Morgan fingerprint density at radius 1 is 1.45 bits per heavy atom. The molecule has 1 N–H and O–H groups in total. The van der Waals surface area contributed by atoms with Crippen LogP contribution in [-0.2, 0) is 10.0 Å². The summed E-state index contributed by atoms with van der Waals surface area (Å²) in [6.07, 6.45) is 2.24. The van der Waals surface area contributed by atoms with Crippen LogP contribution in [-0.4, -0.2) is 37.5 Å². The number of aliphatic hydroxyl groups excluding tert-OH is 1. The summed E-state index contributed by atoms with van der Waals surface area (Å²) in [6, 6.07) is 4.12. The van der Waals surface area contributed by atoms with Gasteiger partial charge in [-0.25, -0.2) is 12.8 Å². The van der Waals surface area contributed by atoms with Gasteiger partial charge in [0.05, 0.1) is 0 Å². The van der Waals surface area contributed by atoms with Crippen LogP contribution in [0.15, 0.2) is 23.1 Å². The van der Waals surface area contributed by atoms with Gasteiger partial charge in [-0.05, 0) is 49.8 Å². The van der Waals surface area contributed by atoms with Gasteiger partial charge in [0.25, 0.3) is 0 Å². The molecule has 1 aromatic carbocycles. The van der Waals surface area contributed by atoms with Crippen LogP contribution in [0, 0.1) is 18.7 Å². The lowest BCUT2D eigenvalue weighted by Crippen LogP contribution is -2.40. The molecule has 1 atom stereocenters. The smallest absolute Gasteiger partial charge is 0.246 e. The Labute approximate surface area is 119 Å². The van der Waals surface area contributed by atoms with Crippen molar-refractivity contribution in [2.75, 3.05) is 19.7 Å². The molecule has 1 aliphatic heterocycles. The van der Waals surface area contributed by atoms with Crippen molar-refractivity contribution in [1.82, 2.24) is 4.31 Å². The Hall–Kier alpha value is -0.980. The highest BCUT2D eigenvalue weighted by Crippen LogP contribution is 2.27. The molecular formula is C14H20FNO3S. The molecule has 4 nitrogen and oxygen atoms in total. The second-order valence-electron chi connectivity index (χ2n) is 5.32. The third-order valence-electron chi connectivity index (χ3n) is 3.72. The molecule has 1 heterocycles. The van der Waals surface area contributed by atoms with Crippen LogP contribution in [0.5, 0.6) is 0 Å². The Morgan fingerprint density at radius 2 is 2.20 bits per heavy atom. The van der Waals surface area contributed by atoms with Gasteiger partial charge >= 0.3 is 0 Å². The van der Waals surface area contributed by atoms with Crippen LogP contribution in [0.4, 0.5) is 4.39 Å². The van der Waals surface area contributed by atoms with Gasteiger partial charge < -0.3 is 5.11 Å². The summed E-state index contributed by atoms with van der Waals surface area (Å²) in [5.41, 5.74) is 0.717. The monoisotopic (exact) mass is 301 g/mol. The Bertz CT molecular complexity index is 572. The molecule has 0 radical (unpaired) electrons. The highest BCUT2D eigenvalue weighted by molar-refractivity contribution is 7.89. The zero-order valence-corrected chi connectivity index (χ0v) is 12.4. The molecule has 112 valence electrons. The molecule has 1 saturated heterocycles. The van der Waals surface area contributed by atoms with E-state index >= 15 is 0 Å². The van der Waals surface area contributed by atoms with Gasteiger partial charge in [0.15, 0.2) is 0 Å². The van der Waals surface area contributed by atoms with Crippen molar-refractivity contribution in [3.63, 3.8) is 0 Å². The maximum Gasteiger partial charge on any atom is 0.246 e. The molecule has 0 bridgehead atoms. The third kappa shape index (κ3) is 3.19. The number of piperidine rings is 1. The standard InChI is InChI=1S/C14H20FNO3S/c1-11-4-5-13(15)14(9-11)20(18,19)16-7-2-3-12(10-16)6-8-17/h4-5,9,12,17H,2-3,6-8,10H2,1H3. The average molecular weight is 301 g/mol. The number of aliphatic hydroxyl groups is 1. The van der Waals surface area contributed by atoms with E-state index in [1.54, 1.807) is 13.0 Å². The van der Waals surface area contributed by atoms with Crippen LogP contribution in [0.1, 0.15) is 24.8 Å². The molecule has 20 heavy (non-hydrogen) atoms. The van der Waals surface area contributed by atoms with Gasteiger partial charge in [-0.15, -0.1) is 0 Å². The minimum absolute atomic E-state index is 0.0529. The average Bonchev–Trinajstić information content (AvgIpc) is 2.42. The van der Waals surface area contributed by atoms with E-state index in [4.69, 9.17) is 5.11 Å². The minimum Gasteiger partial charge on any atom is -0.396 e. The number of rotatable bonds is 4. The van der Waals surface area contributed by atoms with Gasteiger partial charge in [0, 0.05) is 19.7 Å². The number of nitrogens with zero attached hydrogens (tertiary/aromatic N) is 1. The van der Waals surface area contributed by atoms with Gasteiger partial charge in [-0.1, -0.05) is 6.07 Å². The largest absolute Gasteiger partial charge is 0.396 e. The highest BCUT2D eigenvalue weighted by Gasteiger charge is 2.31. The molecule has 2 rings (SSSR count). The molecule has 0 spiro atoms. The third-order valence-corrected chi connectivity index (χ3v) is 5.60. The Kier molecular flexibility index (Phi) is 4.78. The first kappa shape index (κ1) is 15.4. The SMILES string of the molecule is Cc1ccc(F)c(S(=O)(=O)N2CCCC(CCO)C2)c1. The van der Waals surface area contributed by atoms with Crippen molar-refractivity contribution in [2.24, 2.45) is 5.92 Å². The second kappa shape index (κ2) is 6.20. The van der Waals surface area contributed by atoms with Crippen LogP contribution in [0.25, 0.3) is 0 Å². The molecule has 1 aromatic rings. The topological polar surface area (TPSA) is 57.6 Å². The maximum absolute atomic E-state index is 13.8. The molecule has 0 aliphatic carbocycles. The number of aryl methyl sites for hydroxylation is 1. The number of halogens is 1. The summed E-state index contributed by atoms with van der Waals surface area (Å²) in [5, 5.41) is 8.98. The number of hydrogen-bond donors (Lipinski definition) is 1. The van der Waals surface area contributed by atoms with Gasteiger partial charge in [-0.2, -0.15) is 4.31 Å². The maximum atomic E-state index is 13.8. The van der Waals surface area contributed by atoms with Crippen molar-refractivity contribution >= 4 is 10.0 Å². The Morgan fingerprint density at radius 3 is 2.90 bits per heavy atom. The van der Waals surface area contributed by atoms with Gasteiger partial charge in [0.2, 0.25) is 10.0 Å². The van der Waals surface area contributed by atoms with E-state index in [1.807, 2.05) is 0 Å². The van der Waals surface area contributed by atoms with Crippen molar-refractivity contribution < 1.29 is 17.9 Å². The first-order valence-corrected chi connectivity index (χ1v) is 8.26. The zero-order chi connectivity index (χ0) is 14.8. The van der Waals surface area contributed by atoms with Crippen molar-refractivity contribution in [3.05, 3.63) is 29.6 Å². The van der Waals surface area contributed by atoms with E-state index in [9.17, 15) is 12.8 Å². The van der Waals surface area contributed by atoms with Crippen molar-refractivity contribution in [3.8, 4) is 0 Å². The van der Waals surface area contributed by atoms with Crippen molar-refractivity contribution in [2.45, 2.75) is 31.1 Å². The Balaban J connectivity index is 2.27. The summed E-state index contributed by atoms with van der Waals surface area (Å²) < 4.78 is 40.2. The van der Waals surface area contributed by atoms with Crippen LogP contribution in [0.2, 0.25) is 0 Å². The zero-order valence-electron chi connectivity index (χ0n) is 11.5. The van der Waals surface area contributed by atoms with Gasteiger partial charge in [0.1, 0.15) is 10.7 Å². The predicted molar refractivity (Wildman–Crippen MR) is 74.3 cm³/mol. The summed E-state index contributed by atoms with van der Waals surface area (Å²) in [4.78, 5) is -0.248. The molecule has 0 aromatic heterocycles. The lowest BCUT2D eigenvalue weighted by molar-refractivity contribution is 0.202. The summed E-state index contributed by atoms with van der Waals surface area (Å²) in [6.45, 7) is 2.56. The number of sulfonamides is 1. The molecule has 0 amide bonds. The molecule has 0 saturated carbocycles. The fraction of sp³-hybridized carbons (Fsp3) is 0.571. The van der Waals surface area contributed by atoms with Crippen molar-refractivity contribution in [1.29, 1.82) is 0 Å². The number of hydrogen-bond acceptors (Lipinski definition) is 3. The fourth-order valence-electron chi connectivity index (χ4n) is 2.61. The van der Waals surface area contributed by atoms with Crippen LogP contribution < -0.4 is 0 Å². The van der Waals surface area contributed by atoms with E-state index in [2.05, 4.69) is 0 Å². The second-order valence-corrected chi connectivity index (χ2v) is 7.22. The summed E-state index contributed by atoms with van der Waals surface area (Å²) >= 11 is 0. The predicted octanol–water partition coefficient (Wildman–Crippen LogP) is 1.92. The van der Waals surface area contributed by atoms with Crippen LogP contribution >= 0.6 is 0 Å². The normalized spacial score (nSPS) is 21.1.